The fraction of sp³-hybridized carbons (Fsp3) is 0.333. The van der Waals surface area contributed by atoms with Gasteiger partial charge in [0.05, 0.1) is 11.9 Å². The first-order valence-corrected chi connectivity index (χ1v) is 8.06. The molecule has 0 unspecified atom stereocenters. The molecule has 23 heavy (non-hydrogen) atoms. The molecule has 118 valence electrons. The van der Waals surface area contributed by atoms with E-state index >= 15 is 0 Å². The fourth-order valence-corrected chi connectivity index (χ4v) is 3.14. The first kappa shape index (κ1) is 14.1. The number of anilines is 1. The topological polar surface area (TPSA) is 54.0 Å². The largest absolute Gasteiger partial charge is 0.490 e. The van der Waals surface area contributed by atoms with Gasteiger partial charge in [-0.05, 0) is 25.1 Å². The van der Waals surface area contributed by atoms with Crippen molar-refractivity contribution in [1.29, 1.82) is 0 Å². The third kappa shape index (κ3) is 2.86. The van der Waals surface area contributed by atoms with Crippen molar-refractivity contribution in [3.63, 3.8) is 0 Å². The van der Waals surface area contributed by atoms with E-state index in [9.17, 15) is 0 Å². The third-order valence-corrected chi connectivity index (χ3v) is 4.36. The molecule has 0 radical (unpaired) electrons. The zero-order valence-electron chi connectivity index (χ0n) is 13.2. The summed E-state index contributed by atoms with van der Waals surface area (Å²) in [5.41, 5.74) is 2.08. The van der Waals surface area contributed by atoms with Gasteiger partial charge in [0.25, 0.3) is 0 Å². The Morgan fingerprint density at radius 2 is 2.04 bits per heavy atom. The van der Waals surface area contributed by atoms with Gasteiger partial charge < -0.3 is 14.6 Å². The third-order valence-electron chi connectivity index (χ3n) is 4.36. The summed E-state index contributed by atoms with van der Waals surface area (Å²) in [5.74, 6) is 1.94. The Kier molecular flexibility index (Phi) is 3.61. The summed E-state index contributed by atoms with van der Waals surface area (Å²) in [5, 5.41) is 1.15. The quantitative estimate of drug-likeness (QED) is 0.806. The van der Waals surface area contributed by atoms with Crippen molar-refractivity contribution in [1.82, 2.24) is 15.0 Å². The maximum absolute atomic E-state index is 6.25. The van der Waals surface area contributed by atoms with E-state index < -0.39 is 0 Å². The lowest BCUT2D eigenvalue weighted by molar-refractivity contribution is 0.173. The Morgan fingerprint density at radius 1 is 1.17 bits per heavy atom. The van der Waals surface area contributed by atoms with Gasteiger partial charge in [-0.15, -0.1) is 0 Å². The van der Waals surface area contributed by atoms with Gasteiger partial charge in [-0.25, -0.2) is 4.98 Å². The van der Waals surface area contributed by atoms with E-state index in [1.165, 1.54) is 0 Å². The second-order valence-corrected chi connectivity index (χ2v) is 6.02. The number of aromatic nitrogens is 3. The summed E-state index contributed by atoms with van der Waals surface area (Å²) in [4.78, 5) is 14.3. The molecule has 0 atom stereocenters. The highest BCUT2D eigenvalue weighted by atomic mass is 16.5. The molecular weight excluding hydrogens is 288 g/mol. The monoisotopic (exact) mass is 308 g/mol. The lowest BCUT2D eigenvalue weighted by Gasteiger charge is -2.33. The highest BCUT2D eigenvalue weighted by Crippen LogP contribution is 2.28. The molecule has 3 aromatic rings. The van der Waals surface area contributed by atoms with Crippen molar-refractivity contribution in [3.05, 3.63) is 48.5 Å². The van der Waals surface area contributed by atoms with E-state index in [0.29, 0.717) is 0 Å². The van der Waals surface area contributed by atoms with Crippen molar-refractivity contribution in [3.8, 4) is 5.75 Å². The van der Waals surface area contributed by atoms with Gasteiger partial charge in [-0.2, -0.15) is 0 Å². The lowest BCUT2D eigenvalue weighted by Crippen LogP contribution is -2.38. The van der Waals surface area contributed by atoms with Gasteiger partial charge in [-0.1, -0.05) is 6.07 Å². The molecule has 5 heteroatoms. The minimum Gasteiger partial charge on any atom is -0.490 e. The highest BCUT2D eigenvalue weighted by molar-refractivity contribution is 5.85. The molecule has 1 aliphatic heterocycles. The van der Waals surface area contributed by atoms with Crippen LogP contribution >= 0.6 is 0 Å². The van der Waals surface area contributed by atoms with E-state index in [0.717, 1.165) is 54.1 Å². The molecule has 0 bridgehead atoms. The van der Waals surface area contributed by atoms with Crippen molar-refractivity contribution >= 4 is 16.7 Å². The van der Waals surface area contributed by atoms with Crippen LogP contribution in [-0.2, 0) is 0 Å². The number of hydrogen-bond acceptors (Lipinski definition) is 4. The second kappa shape index (κ2) is 5.91. The van der Waals surface area contributed by atoms with Crippen molar-refractivity contribution in [2.75, 3.05) is 18.0 Å². The summed E-state index contributed by atoms with van der Waals surface area (Å²) in [6, 6.07) is 8.23. The average Bonchev–Trinajstić information content (AvgIpc) is 3.05. The summed E-state index contributed by atoms with van der Waals surface area (Å²) in [6.45, 7) is 3.88. The van der Waals surface area contributed by atoms with Crippen LogP contribution in [0.2, 0.25) is 0 Å². The van der Waals surface area contributed by atoms with Crippen LogP contribution in [0.25, 0.3) is 10.9 Å². The standard InChI is InChI=1S/C18H20N4O/c1-13-11-19-12-18(21-13)22-9-6-14(7-10-22)23-17-4-2-3-16-15(17)5-8-20-16/h2-5,8,11-12,14,20H,6-7,9-10H2,1H3. The summed E-state index contributed by atoms with van der Waals surface area (Å²) in [6.07, 6.45) is 7.83. The van der Waals surface area contributed by atoms with Gasteiger partial charge >= 0.3 is 0 Å². The molecule has 1 aliphatic rings. The molecule has 1 saturated heterocycles. The van der Waals surface area contributed by atoms with E-state index in [2.05, 4.69) is 38.1 Å². The number of fused-ring (bicyclic) bond motifs is 1. The zero-order valence-corrected chi connectivity index (χ0v) is 13.2. The number of aromatic amines is 1. The maximum Gasteiger partial charge on any atom is 0.147 e. The number of rotatable bonds is 3. The number of aryl methyl sites for hydroxylation is 1. The number of hydrogen-bond donors (Lipinski definition) is 1. The number of ether oxygens (including phenoxy) is 1. The number of piperidine rings is 1. The molecule has 0 aliphatic carbocycles. The molecule has 4 rings (SSSR count). The number of nitrogens with one attached hydrogen (secondary N) is 1. The Bertz CT molecular complexity index is 805. The molecule has 3 heterocycles. The van der Waals surface area contributed by atoms with E-state index in [1.807, 2.05) is 25.4 Å². The van der Waals surface area contributed by atoms with Gasteiger partial charge in [0.2, 0.25) is 0 Å². The first-order chi connectivity index (χ1) is 11.3. The fourth-order valence-electron chi connectivity index (χ4n) is 3.14. The van der Waals surface area contributed by atoms with Crippen molar-refractivity contribution in [2.45, 2.75) is 25.9 Å². The molecular formula is C18H20N4O. The minimum atomic E-state index is 0.254. The van der Waals surface area contributed by atoms with Gasteiger partial charge in [0.1, 0.15) is 17.7 Å². The summed E-state index contributed by atoms with van der Waals surface area (Å²) in [7, 11) is 0. The van der Waals surface area contributed by atoms with Crippen molar-refractivity contribution in [2.24, 2.45) is 0 Å². The van der Waals surface area contributed by atoms with Crippen LogP contribution in [0.15, 0.2) is 42.9 Å². The van der Waals surface area contributed by atoms with Gasteiger partial charge in [0, 0.05) is 49.2 Å². The Balaban J connectivity index is 1.43. The molecule has 1 N–H and O–H groups in total. The van der Waals surface area contributed by atoms with Crippen LogP contribution in [0.3, 0.4) is 0 Å². The maximum atomic E-state index is 6.25. The van der Waals surface area contributed by atoms with E-state index in [4.69, 9.17) is 4.74 Å². The Morgan fingerprint density at radius 3 is 2.87 bits per heavy atom. The van der Waals surface area contributed by atoms with Gasteiger partial charge in [-0.3, -0.25) is 4.98 Å². The molecule has 0 spiro atoms. The number of benzene rings is 1. The van der Waals surface area contributed by atoms with Crippen LogP contribution in [0.4, 0.5) is 5.82 Å². The molecule has 1 aromatic carbocycles. The van der Waals surface area contributed by atoms with Crippen molar-refractivity contribution < 1.29 is 4.74 Å². The van der Waals surface area contributed by atoms with Gasteiger partial charge in [0.15, 0.2) is 0 Å². The average molecular weight is 308 g/mol. The van der Waals surface area contributed by atoms with Crippen LogP contribution in [0, 0.1) is 6.92 Å². The first-order valence-electron chi connectivity index (χ1n) is 8.06. The van der Waals surface area contributed by atoms with Crippen LogP contribution in [0.1, 0.15) is 18.5 Å². The predicted octanol–water partition coefficient (Wildman–Crippen LogP) is 3.31. The Hall–Kier alpha value is -2.56. The van der Waals surface area contributed by atoms with Crippen LogP contribution in [0.5, 0.6) is 5.75 Å². The van der Waals surface area contributed by atoms with Crippen LogP contribution in [-0.4, -0.2) is 34.1 Å². The molecule has 0 saturated carbocycles. The number of nitrogens with zero attached hydrogens (tertiary/aromatic N) is 3. The predicted molar refractivity (Wildman–Crippen MR) is 90.9 cm³/mol. The zero-order chi connectivity index (χ0) is 15.6. The normalized spacial score (nSPS) is 16.0. The Labute approximate surface area is 135 Å². The SMILES string of the molecule is Cc1cncc(N2CCC(Oc3cccc4[nH]ccc34)CC2)n1. The molecule has 2 aromatic heterocycles. The lowest BCUT2D eigenvalue weighted by atomic mass is 10.1. The second-order valence-electron chi connectivity index (χ2n) is 6.02. The van der Waals surface area contributed by atoms with E-state index in [1.54, 1.807) is 6.20 Å². The van der Waals surface area contributed by atoms with E-state index in [-0.39, 0.29) is 6.10 Å². The molecule has 5 nitrogen and oxygen atoms in total. The smallest absolute Gasteiger partial charge is 0.147 e. The highest BCUT2D eigenvalue weighted by Gasteiger charge is 2.22. The molecule has 1 fully saturated rings. The molecule has 0 amide bonds. The summed E-state index contributed by atoms with van der Waals surface area (Å²) >= 11 is 0. The number of H-pyrrole nitrogens is 1. The minimum absolute atomic E-state index is 0.254. The summed E-state index contributed by atoms with van der Waals surface area (Å²) < 4.78 is 6.25. The van der Waals surface area contributed by atoms with Crippen LogP contribution < -0.4 is 9.64 Å².